The molecule has 1 aromatic carbocycles. The number of nitrogens with one attached hydrogen (secondary N) is 1. The summed E-state index contributed by atoms with van der Waals surface area (Å²) in [5.74, 6) is 1.03. The number of aryl methyl sites for hydroxylation is 2. The van der Waals surface area contributed by atoms with Crippen molar-refractivity contribution in [2.24, 2.45) is 0 Å². The molecule has 0 spiro atoms. The number of rotatable bonds is 3. The largest absolute Gasteiger partial charge is 0.334 e. The Kier molecular flexibility index (Phi) is 3.74. The molecule has 6 heteroatoms. The number of aromatic nitrogens is 4. The fourth-order valence-corrected chi connectivity index (χ4v) is 3.53. The number of hydrogen-bond donors (Lipinski definition) is 1. The monoisotopic (exact) mass is 357 g/mol. The summed E-state index contributed by atoms with van der Waals surface area (Å²) >= 11 is 0. The summed E-state index contributed by atoms with van der Waals surface area (Å²) in [5.41, 5.74) is 4.23. The number of hydrogen-bond acceptors (Lipinski definition) is 3. The molecule has 1 amide bonds. The lowest BCUT2D eigenvalue weighted by atomic mass is 10.1. The van der Waals surface area contributed by atoms with E-state index in [0.717, 1.165) is 35.6 Å². The summed E-state index contributed by atoms with van der Waals surface area (Å²) in [7, 11) is 0. The van der Waals surface area contributed by atoms with Crippen molar-refractivity contribution < 1.29 is 4.79 Å². The lowest BCUT2D eigenvalue weighted by molar-refractivity contribution is 0.102. The second kappa shape index (κ2) is 6.39. The van der Waals surface area contributed by atoms with Gasteiger partial charge < -0.3 is 14.3 Å². The van der Waals surface area contributed by atoms with E-state index in [2.05, 4.69) is 21.1 Å². The van der Waals surface area contributed by atoms with E-state index < -0.39 is 0 Å². The van der Waals surface area contributed by atoms with Crippen LogP contribution in [0.15, 0.2) is 61.2 Å². The van der Waals surface area contributed by atoms with Crippen LogP contribution in [0.5, 0.6) is 0 Å². The highest BCUT2D eigenvalue weighted by molar-refractivity contribution is 6.04. The number of nitrogens with zero attached hydrogens (tertiary/aromatic N) is 4. The van der Waals surface area contributed by atoms with Gasteiger partial charge in [0.1, 0.15) is 11.5 Å². The first-order valence-corrected chi connectivity index (χ1v) is 9.17. The summed E-state index contributed by atoms with van der Waals surface area (Å²) in [4.78, 5) is 21.4. The van der Waals surface area contributed by atoms with E-state index in [-0.39, 0.29) is 5.91 Å². The Hall–Kier alpha value is -3.41. The Labute approximate surface area is 156 Å². The van der Waals surface area contributed by atoms with Crippen LogP contribution in [0.3, 0.4) is 0 Å². The Morgan fingerprint density at radius 2 is 1.93 bits per heavy atom. The average Bonchev–Trinajstić information content (AvgIpc) is 3.34. The highest BCUT2D eigenvalue weighted by Crippen LogP contribution is 2.24. The van der Waals surface area contributed by atoms with E-state index in [9.17, 15) is 4.79 Å². The molecule has 1 N–H and O–H groups in total. The molecule has 6 nitrogen and oxygen atoms in total. The fraction of sp³-hybridized carbons (Fsp3) is 0.190. The predicted molar refractivity (Wildman–Crippen MR) is 104 cm³/mol. The predicted octanol–water partition coefficient (Wildman–Crippen LogP) is 3.79. The summed E-state index contributed by atoms with van der Waals surface area (Å²) in [5, 5.41) is 2.94. The number of anilines is 1. The number of fused-ring (bicyclic) bond motifs is 2. The Bertz CT molecular complexity index is 1100. The Morgan fingerprint density at radius 1 is 1.04 bits per heavy atom. The SMILES string of the molecule is O=C(Nc1ccc(-c2cn3c(n2)CCCC3)cc1)c1ccc2nccn2c1. The molecule has 4 heterocycles. The summed E-state index contributed by atoms with van der Waals surface area (Å²) in [6.45, 7) is 1.05. The lowest BCUT2D eigenvalue weighted by Crippen LogP contribution is -2.12. The molecule has 0 fully saturated rings. The van der Waals surface area contributed by atoms with Crippen molar-refractivity contribution in [2.45, 2.75) is 25.8 Å². The molecule has 0 saturated carbocycles. The molecule has 134 valence electrons. The van der Waals surface area contributed by atoms with Gasteiger partial charge in [0.25, 0.3) is 5.91 Å². The van der Waals surface area contributed by atoms with Crippen molar-refractivity contribution in [3.05, 3.63) is 72.6 Å². The first-order chi connectivity index (χ1) is 13.3. The molecular formula is C21H19N5O. The lowest BCUT2D eigenvalue weighted by Gasteiger charge is -2.11. The van der Waals surface area contributed by atoms with Crippen LogP contribution in [0.1, 0.15) is 29.0 Å². The van der Waals surface area contributed by atoms with Crippen LogP contribution in [0.25, 0.3) is 16.9 Å². The van der Waals surface area contributed by atoms with Crippen LogP contribution >= 0.6 is 0 Å². The number of benzene rings is 1. The van der Waals surface area contributed by atoms with Gasteiger partial charge in [0.2, 0.25) is 0 Å². The molecule has 0 radical (unpaired) electrons. The first-order valence-electron chi connectivity index (χ1n) is 9.17. The van der Waals surface area contributed by atoms with Crippen molar-refractivity contribution in [1.82, 2.24) is 18.9 Å². The van der Waals surface area contributed by atoms with Gasteiger partial charge in [0.15, 0.2) is 0 Å². The molecule has 0 unspecified atom stereocenters. The Balaban J connectivity index is 1.34. The van der Waals surface area contributed by atoms with Crippen molar-refractivity contribution in [3.8, 4) is 11.3 Å². The highest BCUT2D eigenvalue weighted by Gasteiger charge is 2.13. The third-order valence-electron chi connectivity index (χ3n) is 5.00. The number of amides is 1. The molecule has 4 aromatic rings. The van der Waals surface area contributed by atoms with E-state index >= 15 is 0 Å². The van der Waals surface area contributed by atoms with Gasteiger partial charge in [-0.25, -0.2) is 9.97 Å². The average molecular weight is 357 g/mol. The standard InChI is InChI=1S/C21H19N5O/c27-21(16-6-9-19-22-10-12-26(19)13-16)23-17-7-4-15(5-8-17)18-14-25-11-2-1-3-20(25)24-18/h4-10,12-14H,1-3,11H2,(H,23,27). The fourth-order valence-electron chi connectivity index (χ4n) is 3.53. The minimum atomic E-state index is -0.143. The van der Waals surface area contributed by atoms with Gasteiger partial charge in [-0.2, -0.15) is 0 Å². The van der Waals surface area contributed by atoms with Gasteiger partial charge >= 0.3 is 0 Å². The molecule has 0 atom stereocenters. The number of pyridine rings is 1. The van der Waals surface area contributed by atoms with Gasteiger partial charge in [0.05, 0.1) is 11.3 Å². The van der Waals surface area contributed by atoms with Crippen LogP contribution < -0.4 is 5.32 Å². The molecule has 0 saturated heterocycles. The summed E-state index contributed by atoms with van der Waals surface area (Å²) < 4.78 is 4.08. The smallest absolute Gasteiger partial charge is 0.257 e. The van der Waals surface area contributed by atoms with Gasteiger partial charge in [0, 0.05) is 49.0 Å². The second-order valence-corrected chi connectivity index (χ2v) is 6.83. The Morgan fingerprint density at radius 3 is 2.78 bits per heavy atom. The van der Waals surface area contributed by atoms with Crippen molar-refractivity contribution in [3.63, 3.8) is 0 Å². The van der Waals surface area contributed by atoms with E-state index in [1.807, 2.05) is 40.9 Å². The molecule has 0 bridgehead atoms. The van der Waals surface area contributed by atoms with E-state index in [0.29, 0.717) is 5.56 Å². The highest BCUT2D eigenvalue weighted by atomic mass is 16.1. The molecule has 27 heavy (non-hydrogen) atoms. The zero-order valence-corrected chi connectivity index (χ0v) is 14.8. The third-order valence-corrected chi connectivity index (χ3v) is 5.00. The van der Waals surface area contributed by atoms with E-state index in [1.54, 1.807) is 18.5 Å². The van der Waals surface area contributed by atoms with Crippen LogP contribution in [0, 0.1) is 0 Å². The molecule has 1 aliphatic heterocycles. The van der Waals surface area contributed by atoms with Gasteiger partial charge in [-0.15, -0.1) is 0 Å². The topological polar surface area (TPSA) is 64.2 Å². The number of carbonyl (C=O) groups excluding carboxylic acids is 1. The van der Waals surface area contributed by atoms with Crippen molar-refractivity contribution in [2.75, 3.05) is 5.32 Å². The van der Waals surface area contributed by atoms with Gasteiger partial charge in [-0.3, -0.25) is 4.79 Å². The zero-order valence-electron chi connectivity index (χ0n) is 14.8. The van der Waals surface area contributed by atoms with Crippen LogP contribution in [0.4, 0.5) is 5.69 Å². The number of carbonyl (C=O) groups is 1. The van der Waals surface area contributed by atoms with Crippen LogP contribution in [-0.4, -0.2) is 24.8 Å². The summed E-state index contributed by atoms with van der Waals surface area (Å²) in [6.07, 6.45) is 10.9. The maximum Gasteiger partial charge on any atom is 0.257 e. The quantitative estimate of drug-likeness (QED) is 0.607. The minimum absolute atomic E-state index is 0.143. The third kappa shape index (κ3) is 2.99. The molecule has 0 aliphatic carbocycles. The minimum Gasteiger partial charge on any atom is -0.334 e. The maximum absolute atomic E-state index is 12.5. The normalized spacial score (nSPS) is 13.5. The second-order valence-electron chi connectivity index (χ2n) is 6.83. The zero-order chi connectivity index (χ0) is 18.2. The maximum atomic E-state index is 12.5. The van der Waals surface area contributed by atoms with Crippen LogP contribution in [-0.2, 0) is 13.0 Å². The summed E-state index contributed by atoms with van der Waals surface area (Å²) in [6, 6.07) is 11.5. The molecule has 3 aromatic heterocycles. The van der Waals surface area contributed by atoms with E-state index in [4.69, 9.17) is 4.98 Å². The van der Waals surface area contributed by atoms with Gasteiger partial charge in [-0.1, -0.05) is 12.1 Å². The van der Waals surface area contributed by atoms with Crippen molar-refractivity contribution >= 4 is 17.2 Å². The first kappa shape index (κ1) is 15.8. The molecular weight excluding hydrogens is 338 g/mol. The van der Waals surface area contributed by atoms with E-state index in [1.165, 1.54) is 18.7 Å². The number of imidazole rings is 2. The van der Waals surface area contributed by atoms with Crippen LogP contribution in [0.2, 0.25) is 0 Å². The molecule has 5 rings (SSSR count). The molecule has 1 aliphatic rings. The van der Waals surface area contributed by atoms with Crippen molar-refractivity contribution in [1.29, 1.82) is 0 Å². The van der Waals surface area contributed by atoms with Gasteiger partial charge in [-0.05, 0) is 37.1 Å².